The van der Waals surface area contributed by atoms with Crippen LogP contribution in [0.15, 0.2) is 0 Å². The molecule has 0 saturated carbocycles. The van der Waals surface area contributed by atoms with Gasteiger partial charge in [0.15, 0.2) is 20.7 Å². The molecule has 1 aliphatic heterocycles. The van der Waals surface area contributed by atoms with E-state index in [1.165, 1.54) is 32.5 Å². The van der Waals surface area contributed by atoms with Crippen molar-refractivity contribution in [1.82, 2.24) is 0 Å². The first-order valence-electron chi connectivity index (χ1n) is 21.1. The molecule has 0 aromatic carbocycles. The van der Waals surface area contributed by atoms with E-state index in [1.54, 1.807) is 6.92 Å². The number of esters is 3. The minimum absolute atomic E-state index is 0.0167. The maximum atomic E-state index is 12.3. The van der Waals surface area contributed by atoms with E-state index >= 15 is 0 Å². The number of hydrogen-bond acceptors (Lipinski definition) is 17. The smallest absolute Gasteiger partial charge is 0.465 e. The van der Waals surface area contributed by atoms with Crippen LogP contribution in [0, 0.1) is 16.2 Å². The molecule has 1 heterocycles. The van der Waals surface area contributed by atoms with Gasteiger partial charge in [0, 0.05) is 89.8 Å². The SMILES string of the molecule is CCOC(CCCS)(O[SiH2]C)C(CC)(COC(C)=O)CO[Si](C)(CCCSC(C)=O)OCC(CC)(COC(C)=O)CO[Si]1(CCCS)OCC(CC)(COC(C)=O)CO1. The molecule has 0 aliphatic carbocycles. The Kier molecular flexibility index (Phi) is 27.1. The maximum absolute atomic E-state index is 12.3. The molecule has 0 N–H and O–H groups in total. The van der Waals surface area contributed by atoms with Gasteiger partial charge in [0.1, 0.15) is 19.8 Å². The van der Waals surface area contributed by atoms with Gasteiger partial charge in [-0.05, 0) is 69.5 Å². The predicted molar refractivity (Wildman–Crippen MR) is 244 cm³/mol. The van der Waals surface area contributed by atoms with Crippen LogP contribution < -0.4 is 0 Å². The van der Waals surface area contributed by atoms with Gasteiger partial charge < -0.3 is 45.5 Å². The van der Waals surface area contributed by atoms with Crippen molar-refractivity contribution in [2.75, 3.05) is 76.7 Å². The van der Waals surface area contributed by atoms with Gasteiger partial charge >= 0.3 is 35.3 Å². The van der Waals surface area contributed by atoms with E-state index in [0.29, 0.717) is 94.1 Å². The van der Waals surface area contributed by atoms with Crippen LogP contribution in [0.2, 0.25) is 25.2 Å². The van der Waals surface area contributed by atoms with Crippen molar-refractivity contribution in [3.63, 3.8) is 0 Å². The molecule has 59 heavy (non-hydrogen) atoms. The van der Waals surface area contributed by atoms with E-state index in [1.807, 2.05) is 40.8 Å². The largest absolute Gasteiger partial charge is 0.501 e. The predicted octanol–water partition coefficient (Wildman–Crippen LogP) is 6.55. The number of thioether (sulfide) groups is 1. The van der Waals surface area contributed by atoms with Gasteiger partial charge in [0.05, 0.1) is 12.0 Å². The molecule has 20 heteroatoms. The van der Waals surface area contributed by atoms with Gasteiger partial charge in [-0.25, -0.2) is 0 Å². The van der Waals surface area contributed by atoms with Crippen molar-refractivity contribution in [1.29, 1.82) is 0 Å². The zero-order chi connectivity index (χ0) is 44.6. The molecule has 0 radical (unpaired) electrons. The van der Waals surface area contributed by atoms with Gasteiger partial charge in [0.2, 0.25) is 0 Å². The maximum Gasteiger partial charge on any atom is 0.501 e. The minimum Gasteiger partial charge on any atom is -0.465 e. The fourth-order valence-corrected chi connectivity index (χ4v) is 14.4. The third-order valence-corrected chi connectivity index (χ3v) is 18.7. The van der Waals surface area contributed by atoms with E-state index in [-0.39, 0.29) is 50.7 Å². The Bertz CT molecular complexity index is 1260. The molecule has 4 unspecified atom stereocenters. The van der Waals surface area contributed by atoms with Gasteiger partial charge in [-0.1, -0.05) is 39.1 Å². The molecule has 0 bridgehead atoms. The molecule has 1 rings (SSSR count). The van der Waals surface area contributed by atoms with Crippen LogP contribution in [0.5, 0.6) is 0 Å². The van der Waals surface area contributed by atoms with Crippen LogP contribution in [0.3, 0.4) is 0 Å². The second kappa shape index (κ2) is 28.3. The highest BCUT2D eigenvalue weighted by Gasteiger charge is 2.55. The second-order valence-electron chi connectivity index (χ2n) is 15.7. The zero-order valence-corrected chi connectivity index (χ0v) is 43.6. The molecule has 14 nitrogen and oxygen atoms in total. The lowest BCUT2D eigenvalue weighted by atomic mass is 9.75. The Morgan fingerprint density at radius 3 is 1.93 bits per heavy atom. The lowest BCUT2D eigenvalue weighted by Gasteiger charge is -2.50. The molecule has 4 atom stereocenters. The molecule has 346 valence electrons. The Hall–Kier alpha value is -0.499. The van der Waals surface area contributed by atoms with E-state index in [4.69, 9.17) is 45.5 Å². The van der Waals surface area contributed by atoms with Crippen LogP contribution in [-0.2, 0) is 64.7 Å². The van der Waals surface area contributed by atoms with Crippen molar-refractivity contribution in [3.8, 4) is 0 Å². The summed E-state index contributed by atoms with van der Waals surface area (Å²) < 4.78 is 63.9. The van der Waals surface area contributed by atoms with Crippen LogP contribution in [0.4, 0.5) is 0 Å². The normalized spacial score (nSPS) is 22.5. The summed E-state index contributed by atoms with van der Waals surface area (Å²) in [4.78, 5) is 48.2. The summed E-state index contributed by atoms with van der Waals surface area (Å²) in [7, 11) is -7.47. The molecule has 0 aromatic rings. The monoisotopic (exact) mass is 948 g/mol. The van der Waals surface area contributed by atoms with Crippen LogP contribution in [0.1, 0.15) is 100 Å². The fraction of sp³-hybridized carbons (Fsp3) is 0.897. The number of hydrogen-bond donors (Lipinski definition) is 2. The Balaban J connectivity index is 3.64. The number of carbonyl (C=O) groups excluding carboxylic acids is 4. The first kappa shape index (κ1) is 56.5. The molecule has 1 saturated heterocycles. The summed E-state index contributed by atoms with van der Waals surface area (Å²) in [5.74, 6) is -0.492. The number of ether oxygens (including phenoxy) is 4. The molecule has 0 aromatic heterocycles. The zero-order valence-electron chi connectivity index (χ0n) is 37.6. The second-order valence-corrected chi connectivity index (χ2v) is 24.8. The fourth-order valence-electron chi connectivity index (χ4n) is 6.70. The Morgan fingerprint density at radius 1 is 0.814 bits per heavy atom. The molecular weight excluding hydrogens is 873 g/mol. The van der Waals surface area contributed by atoms with Crippen molar-refractivity contribution in [2.24, 2.45) is 16.2 Å². The minimum atomic E-state index is -3.28. The van der Waals surface area contributed by atoms with Gasteiger partial charge in [0.25, 0.3) is 0 Å². The van der Waals surface area contributed by atoms with Crippen LogP contribution >= 0.6 is 37.0 Å². The molecule has 1 fully saturated rings. The number of rotatable bonds is 33. The lowest BCUT2D eigenvalue weighted by molar-refractivity contribution is -0.278. The third kappa shape index (κ3) is 19.0. The summed E-state index contributed by atoms with van der Waals surface area (Å²) in [6.07, 6.45) is 4.30. The van der Waals surface area contributed by atoms with Crippen molar-refractivity contribution in [3.05, 3.63) is 0 Å². The average molecular weight is 949 g/mol. The van der Waals surface area contributed by atoms with Gasteiger partial charge in [-0.3, -0.25) is 19.2 Å². The summed E-state index contributed by atoms with van der Waals surface area (Å²) in [6, 6.07) is 1.07. The van der Waals surface area contributed by atoms with Crippen LogP contribution in [-0.4, -0.2) is 133 Å². The number of thiol groups is 2. The summed E-state index contributed by atoms with van der Waals surface area (Å²) >= 11 is 10.2. The van der Waals surface area contributed by atoms with Gasteiger partial charge in [-0.15, -0.1) is 0 Å². The van der Waals surface area contributed by atoms with Crippen molar-refractivity contribution in [2.45, 2.75) is 131 Å². The molecular formula is C39H76O14S3Si3. The highest BCUT2D eigenvalue weighted by atomic mass is 32.2. The van der Waals surface area contributed by atoms with Crippen molar-refractivity contribution < 1.29 is 64.7 Å². The topological polar surface area (TPSA) is 161 Å². The average Bonchev–Trinajstić information content (AvgIpc) is 3.21. The number of carbonyl (C=O) groups is 4. The van der Waals surface area contributed by atoms with Crippen molar-refractivity contribution >= 4 is 87.2 Å². The highest BCUT2D eigenvalue weighted by molar-refractivity contribution is 8.13. The summed E-state index contributed by atoms with van der Waals surface area (Å²) in [5, 5.41) is 0.0300. The molecule has 0 amide bonds. The van der Waals surface area contributed by atoms with E-state index in [0.717, 1.165) is 0 Å². The molecule has 0 spiro atoms. The Labute approximate surface area is 374 Å². The Morgan fingerprint density at radius 2 is 1.42 bits per heavy atom. The lowest BCUT2D eigenvalue weighted by Crippen LogP contribution is -2.60. The van der Waals surface area contributed by atoms with Crippen LogP contribution in [0.25, 0.3) is 0 Å². The first-order valence-corrected chi connectivity index (χ1v) is 29.8. The summed E-state index contributed by atoms with van der Waals surface area (Å²) in [5.41, 5.74) is -2.21. The van der Waals surface area contributed by atoms with E-state index in [2.05, 4.69) is 25.3 Å². The first-order chi connectivity index (χ1) is 27.9. The summed E-state index contributed by atoms with van der Waals surface area (Å²) in [6.45, 7) is 19.2. The molecule has 1 aliphatic rings. The highest BCUT2D eigenvalue weighted by Crippen LogP contribution is 2.45. The quantitative estimate of drug-likeness (QED) is 0.0182. The van der Waals surface area contributed by atoms with Gasteiger partial charge in [-0.2, -0.15) is 25.3 Å². The standard InChI is InChI=1S/C39H76O14S3Si3/c1-11-36(24-44-32(5)40,27-50-59(23-16-20-55)51-28-37(12-2,29-52-59)25-45-33(6)41)26-48-58(10,22-17-21-56-35(8)43)49-31-38(13-3,30-46-34(7)42)39(47-14-4,53-57-9)18-15-19-54/h54-55H,11-31,57H2,1-10H3. The van der Waals surface area contributed by atoms with E-state index < -0.39 is 61.1 Å². The van der Waals surface area contributed by atoms with E-state index in [9.17, 15) is 19.2 Å². The third-order valence-electron chi connectivity index (χ3n) is 11.0.